The molecule has 0 aliphatic heterocycles. The van der Waals surface area contributed by atoms with Crippen LogP contribution in [0.3, 0.4) is 0 Å². The highest BCUT2D eigenvalue weighted by Gasteiger charge is 2.54. The van der Waals surface area contributed by atoms with Gasteiger partial charge in [-0.1, -0.05) is 37.6 Å². The molecule has 116 valence electrons. The van der Waals surface area contributed by atoms with Crippen molar-refractivity contribution in [1.29, 1.82) is 0 Å². The quantitative estimate of drug-likeness (QED) is 0.507. The molecule has 6 atom stereocenters. The van der Waals surface area contributed by atoms with Gasteiger partial charge in [-0.2, -0.15) is 0 Å². The number of fused-ring (bicyclic) bond motifs is 5. The van der Waals surface area contributed by atoms with Gasteiger partial charge in [0.05, 0.1) is 0 Å². The molecule has 4 rings (SSSR count). The minimum Gasteiger partial charge on any atom is -0.0882 e. The Balaban J connectivity index is 1.60. The van der Waals surface area contributed by atoms with Crippen molar-refractivity contribution < 1.29 is 0 Å². The molecule has 0 heteroatoms. The first kappa shape index (κ1) is 14.1. The van der Waals surface area contributed by atoms with Crippen LogP contribution >= 0.6 is 0 Å². The molecule has 0 aromatic heterocycles. The predicted molar refractivity (Wildman–Crippen MR) is 90.0 cm³/mol. The van der Waals surface area contributed by atoms with Crippen LogP contribution in [0, 0.1) is 35.0 Å². The maximum atomic E-state index is 2.62. The van der Waals surface area contributed by atoms with Crippen molar-refractivity contribution in [1.82, 2.24) is 0 Å². The molecule has 4 aliphatic carbocycles. The molecule has 0 amide bonds. The largest absolute Gasteiger partial charge is 0.0882 e. The fourth-order valence-electron chi connectivity index (χ4n) is 6.85. The lowest BCUT2D eigenvalue weighted by molar-refractivity contribution is -0.0272. The van der Waals surface area contributed by atoms with E-state index in [4.69, 9.17) is 0 Å². The topological polar surface area (TPSA) is 0 Å². The van der Waals surface area contributed by atoms with Gasteiger partial charge in [0.2, 0.25) is 0 Å². The maximum absolute atomic E-state index is 2.62. The van der Waals surface area contributed by atoms with Gasteiger partial charge in [-0.15, -0.1) is 0 Å². The Kier molecular flexibility index (Phi) is 3.55. The molecule has 0 radical (unpaired) electrons. The summed E-state index contributed by atoms with van der Waals surface area (Å²) < 4.78 is 0. The first-order chi connectivity index (χ1) is 10.2. The van der Waals surface area contributed by atoms with Gasteiger partial charge in [-0.25, -0.2) is 0 Å². The number of hydrogen-bond acceptors (Lipinski definition) is 0. The van der Waals surface area contributed by atoms with Gasteiger partial charge in [-0.3, -0.25) is 0 Å². The molecule has 0 saturated heterocycles. The van der Waals surface area contributed by atoms with Crippen LogP contribution in [0.4, 0.5) is 0 Å². The Hall–Kier alpha value is -0.520. The van der Waals surface area contributed by atoms with Crippen molar-refractivity contribution in [2.45, 2.75) is 71.6 Å². The highest BCUT2D eigenvalue weighted by Crippen LogP contribution is 2.63. The lowest BCUT2D eigenvalue weighted by Gasteiger charge is -2.54. The smallest absolute Gasteiger partial charge is 0.00852 e. The van der Waals surface area contributed by atoms with Crippen LogP contribution in [-0.4, -0.2) is 0 Å². The van der Waals surface area contributed by atoms with Crippen LogP contribution in [0.25, 0.3) is 0 Å². The van der Waals surface area contributed by atoms with Crippen molar-refractivity contribution in [2.24, 2.45) is 35.0 Å². The summed E-state index contributed by atoms with van der Waals surface area (Å²) in [4.78, 5) is 0. The van der Waals surface area contributed by atoms with Crippen LogP contribution in [0.1, 0.15) is 71.6 Å². The Morgan fingerprint density at radius 2 is 1.90 bits per heavy atom. The molecule has 0 bridgehead atoms. The van der Waals surface area contributed by atoms with E-state index < -0.39 is 0 Å². The van der Waals surface area contributed by atoms with Crippen molar-refractivity contribution in [3.63, 3.8) is 0 Å². The van der Waals surface area contributed by atoms with Gasteiger partial charge in [-0.05, 0) is 92.8 Å². The highest BCUT2D eigenvalue weighted by atomic mass is 14.6. The van der Waals surface area contributed by atoms with Gasteiger partial charge >= 0.3 is 0 Å². The van der Waals surface area contributed by atoms with Crippen molar-refractivity contribution in [3.8, 4) is 0 Å². The van der Waals surface area contributed by atoms with Crippen LogP contribution in [0.15, 0.2) is 23.8 Å². The average Bonchev–Trinajstić information content (AvgIpc) is 2.84. The fourth-order valence-corrected chi connectivity index (χ4v) is 6.85. The van der Waals surface area contributed by atoms with Gasteiger partial charge in [0.15, 0.2) is 0 Å². The van der Waals surface area contributed by atoms with Crippen LogP contribution in [0.2, 0.25) is 0 Å². The first-order valence-electron chi connectivity index (χ1n) is 9.58. The summed E-state index contributed by atoms with van der Waals surface area (Å²) in [5, 5.41) is 0. The van der Waals surface area contributed by atoms with Crippen molar-refractivity contribution >= 4 is 0 Å². The molecular weight excluding hydrogens is 252 g/mol. The number of hydrogen-bond donors (Lipinski definition) is 0. The Labute approximate surface area is 131 Å². The Morgan fingerprint density at radius 1 is 1.05 bits per heavy atom. The molecule has 5 unspecified atom stereocenters. The molecule has 0 aromatic carbocycles. The van der Waals surface area contributed by atoms with Gasteiger partial charge in [0.1, 0.15) is 0 Å². The monoisotopic (exact) mass is 284 g/mol. The van der Waals surface area contributed by atoms with Crippen molar-refractivity contribution in [3.05, 3.63) is 23.8 Å². The third-order valence-corrected chi connectivity index (χ3v) is 7.83. The second kappa shape index (κ2) is 5.28. The molecule has 0 aromatic rings. The average molecular weight is 284 g/mol. The SMILES string of the molecule is CC/C=C1/CCC2C3CCC4CC=CC[C@H]4C3CCC12C. The molecule has 3 saturated carbocycles. The van der Waals surface area contributed by atoms with Gasteiger partial charge in [0, 0.05) is 0 Å². The summed E-state index contributed by atoms with van der Waals surface area (Å²) in [5.74, 6) is 5.21. The van der Waals surface area contributed by atoms with E-state index in [1.165, 1.54) is 51.4 Å². The number of rotatable bonds is 1. The summed E-state index contributed by atoms with van der Waals surface area (Å²) in [5.41, 5.74) is 2.41. The molecular formula is C21H32. The van der Waals surface area contributed by atoms with Crippen LogP contribution < -0.4 is 0 Å². The third-order valence-electron chi connectivity index (χ3n) is 7.83. The zero-order valence-electron chi connectivity index (χ0n) is 14.0. The second-order valence-corrected chi connectivity index (χ2v) is 8.51. The fraction of sp³-hybridized carbons (Fsp3) is 0.810. The third kappa shape index (κ3) is 2.08. The summed E-state index contributed by atoms with van der Waals surface area (Å²) >= 11 is 0. The van der Waals surface area contributed by atoms with Gasteiger partial charge in [0.25, 0.3) is 0 Å². The van der Waals surface area contributed by atoms with E-state index in [9.17, 15) is 0 Å². The summed E-state index contributed by atoms with van der Waals surface area (Å²) in [6.45, 7) is 4.93. The minimum atomic E-state index is 0.578. The summed E-state index contributed by atoms with van der Waals surface area (Å²) in [6.07, 6.45) is 20.5. The minimum absolute atomic E-state index is 0.578. The normalized spacial score (nSPS) is 50.6. The molecule has 0 heterocycles. The lowest BCUT2D eigenvalue weighted by atomic mass is 9.51. The molecule has 3 fully saturated rings. The standard InChI is InChI=1S/C21H32/c1-3-6-16-10-12-20-19-11-9-15-7-4-5-8-17(15)18(19)13-14-21(16,20)2/h4-6,15,17-20H,3,7-14H2,1-2H3/b16-6-/t15?,17-,18?,19?,20?,21?/m1/s1. The van der Waals surface area contributed by atoms with E-state index >= 15 is 0 Å². The zero-order valence-corrected chi connectivity index (χ0v) is 14.0. The zero-order chi connectivity index (χ0) is 14.4. The Morgan fingerprint density at radius 3 is 2.76 bits per heavy atom. The Bertz CT molecular complexity index is 457. The molecule has 0 N–H and O–H groups in total. The predicted octanol–water partition coefficient (Wildman–Crippen LogP) is 6.14. The van der Waals surface area contributed by atoms with Crippen molar-refractivity contribution in [2.75, 3.05) is 0 Å². The van der Waals surface area contributed by atoms with E-state index in [1.807, 2.05) is 5.57 Å². The second-order valence-electron chi connectivity index (χ2n) is 8.51. The van der Waals surface area contributed by atoms with E-state index in [0.717, 1.165) is 29.6 Å². The lowest BCUT2D eigenvalue weighted by Crippen LogP contribution is -2.46. The first-order valence-corrected chi connectivity index (χ1v) is 9.58. The van der Waals surface area contributed by atoms with E-state index in [2.05, 4.69) is 32.1 Å². The van der Waals surface area contributed by atoms with Crippen LogP contribution in [0.5, 0.6) is 0 Å². The van der Waals surface area contributed by atoms with E-state index in [-0.39, 0.29) is 0 Å². The summed E-state index contributed by atoms with van der Waals surface area (Å²) in [7, 11) is 0. The summed E-state index contributed by atoms with van der Waals surface area (Å²) in [6, 6.07) is 0. The van der Waals surface area contributed by atoms with E-state index in [0.29, 0.717) is 5.41 Å². The molecule has 21 heavy (non-hydrogen) atoms. The van der Waals surface area contributed by atoms with Gasteiger partial charge < -0.3 is 0 Å². The molecule has 0 spiro atoms. The van der Waals surface area contributed by atoms with E-state index in [1.54, 1.807) is 6.42 Å². The maximum Gasteiger partial charge on any atom is -0.00852 e. The molecule has 4 aliphatic rings. The van der Waals surface area contributed by atoms with Crippen LogP contribution in [-0.2, 0) is 0 Å². The number of allylic oxidation sites excluding steroid dienone is 4. The highest BCUT2D eigenvalue weighted by molar-refractivity contribution is 5.23. The molecule has 0 nitrogen and oxygen atoms in total.